The SMILES string of the molecule is CCCCCCCCCCCOc1c2ccc(C)cc2c(OCCCCCCCCCCC)c2ccc(C)cc12. The lowest BCUT2D eigenvalue weighted by Gasteiger charge is -2.19. The van der Waals surface area contributed by atoms with Crippen molar-refractivity contribution in [3.05, 3.63) is 47.5 Å². The Morgan fingerprint density at radius 2 is 0.725 bits per heavy atom. The lowest BCUT2D eigenvalue weighted by atomic mass is 9.97. The fourth-order valence-electron chi connectivity index (χ4n) is 5.86. The predicted molar refractivity (Wildman–Crippen MR) is 176 cm³/mol. The van der Waals surface area contributed by atoms with Gasteiger partial charge in [-0.25, -0.2) is 0 Å². The van der Waals surface area contributed by atoms with Crippen LogP contribution in [0, 0.1) is 13.8 Å². The monoisotopic (exact) mass is 546 g/mol. The van der Waals surface area contributed by atoms with Gasteiger partial charge in [-0.2, -0.15) is 0 Å². The van der Waals surface area contributed by atoms with Crippen molar-refractivity contribution in [2.45, 2.75) is 143 Å². The van der Waals surface area contributed by atoms with Crippen molar-refractivity contribution >= 4 is 21.5 Å². The summed E-state index contributed by atoms with van der Waals surface area (Å²) in [5.41, 5.74) is 2.52. The molecule has 0 heterocycles. The summed E-state index contributed by atoms with van der Waals surface area (Å²) in [6, 6.07) is 13.5. The quantitative estimate of drug-likeness (QED) is 0.0921. The van der Waals surface area contributed by atoms with E-state index >= 15 is 0 Å². The van der Waals surface area contributed by atoms with Crippen LogP contribution in [-0.2, 0) is 0 Å². The Kier molecular flexibility index (Phi) is 15.3. The van der Waals surface area contributed by atoms with Crippen LogP contribution in [0.1, 0.15) is 141 Å². The van der Waals surface area contributed by atoms with Gasteiger partial charge in [0.05, 0.1) is 13.2 Å². The Morgan fingerprint density at radius 1 is 0.400 bits per heavy atom. The Bertz CT molecular complexity index is 1030. The van der Waals surface area contributed by atoms with E-state index in [4.69, 9.17) is 9.47 Å². The first kappa shape index (κ1) is 32.3. The van der Waals surface area contributed by atoms with Gasteiger partial charge in [-0.05, 0) is 38.8 Å². The second-order valence-electron chi connectivity index (χ2n) is 12.1. The molecule has 0 radical (unpaired) electrons. The van der Waals surface area contributed by atoms with Crippen molar-refractivity contribution in [2.75, 3.05) is 13.2 Å². The van der Waals surface area contributed by atoms with Gasteiger partial charge in [0.1, 0.15) is 11.5 Å². The molecule has 0 aliphatic rings. The highest BCUT2D eigenvalue weighted by atomic mass is 16.5. The van der Waals surface area contributed by atoms with Crippen molar-refractivity contribution in [2.24, 2.45) is 0 Å². The van der Waals surface area contributed by atoms with Gasteiger partial charge in [0.2, 0.25) is 0 Å². The van der Waals surface area contributed by atoms with Crippen LogP contribution in [0.3, 0.4) is 0 Å². The summed E-state index contributed by atoms with van der Waals surface area (Å²) in [5.74, 6) is 2.06. The van der Waals surface area contributed by atoms with E-state index < -0.39 is 0 Å². The van der Waals surface area contributed by atoms with Gasteiger partial charge in [-0.1, -0.05) is 152 Å². The van der Waals surface area contributed by atoms with Gasteiger partial charge >= 0.3 is 0 Å². The number of hydrogen-bond donors (Lipinski definition) is 0. The van der Waals surface area contributed by atoms with Crippen LogP contribution < -0.4 is 9.47 Å². The van der Waals surface area contributed by atoms with E-state index in [0.717, 1.165) is 37.6 Å². The first-order valence-electron chi connectivity index (χ1n) is 16.9. The minimum atomic E-state index is 0.778. The average molecular weight is 547 g/mol. The highest BCUT2D eigenvalue weighted by molar-refractivity contribution is 6.11. The van der Waals surface area contributed by atoms with Crippen molar-refractivity contribution in [3.63, 3.8) is 0 Å². The zero-order valence-electron chi connectivity index (χ0n) is 26.4. The smallest absolute Gasteiger partial charge is 0.135 e. The Morgan fingerprint density at radius 3 is 1.07 bits per heavy atom. The van der Waals surface area contributed by atoms with Gasteiger partial charge in [0.15, 0.2) is 0 Å². The van der Waals surface area contributed by atoms with E-state index in [1.807, 2.05) is 0 Å². The van der Waals surface area contributed by atoms with E-state index in [1.165, 1.54) is 135 Å². The molecule has 0 atom stereocenters. The van der Waals surface area contributed by atoms with Crippen LogP contribution >= 0.6 is 0 Å². The van der Waals surface area contributed by atoms with Gasteiger partial charge in [0.25, 0.3) is 0 Å². The van der Waals surface area contributed by atoms with Gasteiger partial charge < -0.3 is 9.47 Å². The molecule has 0 N–H and O–H groups in total. The maximum absolute atomic E-state index is 6.59. The number of unbranched alkanes of at least 4 members (excludes halogenated alkanes) is 16. The Balaban J connectivity index is 1.61. The van der Waals surface area contributed by atoms with Gasteiger partial charge in [-0.3, -0.25) is 0 Å². The normalized spacial score (nSPS) is 11.5. The molecule has 0 unspecified atom stereocenters. The fraction of sp³-hybridized carbons (Fsp3) is 0.632. The van der Waals surface area contributed by atoms with Gasteiger partial charge in [0, 0.05) is 21.5 Å². The van der Waals surface area contributed by atoms with Crippen LogP contribution in [0.25, 0.3) is 21.5 Å². The molecule has 3 rings (SSSR count). The van der Waals surface area contributed by atoms with Crippen molar-refractivity contribution in [1.29, 1.82) is 0 Å². The molecule has 0 aromatic heterocycles. The number of hydrogen-bond acceptors (Lipinski definition) is 2. The van der Waals surface area contributed by atoms with E-state index in [-0.39, 0.29) is 0 Å². The molecular weight excluding hydrogens is 488 g/mol. The number of rotatable bonds is 22. The second kappa shape index (κ2) is 19.0. The number of fused-ring (bicyclic) bond motifs is 2. The van der Waals surface area contributed by atoms with Crippen molar-refractivity contribution in [1.82, 2.24) is 0 Å². The molecule has 0 aliphatic carbocycles. The van der Waals surface area contributed by atoms with Crippen LogP contribution in [0.2, 0.25) is 0 Å². The van der Waals surface area contributed by atoms with E-state index in [1.54, 1.807) is 0 Å². The first-order chi connectivity index (χ1) is 19.7. The van der Waals surface area contributed by atoms with E-state index in [0.29, 0.717) is 0 Å². The molecule has 40 heavy (non-hydrogen) atoms. The molecule has 3 aromatic carbocycles. The van der Waals surface area contributed by atoms with Crippen LogP contribution in [0.5, 0.6) is 11.5 Å². The standard InChI is InChI=1S/C38H58O2/c1-5-7-9-11-13-15-17-19-21-27-39-37-33-25-23-32(4)30-36(33)38(34-26-24-31(3)29-35(34)37)40-28-22-20-18-16-14-12-10-8-6-2/h23-26,29-30H,5-22,27-28H2,1-4H3. The molecule has 0 amide bonds. The summed E-state index contributed by atoms with van der Waals surface area (Å²) in [6.45, 7) is 10.5. The zero-order valence-corrected chi connectivity index (χ0v) is 26.4. The molecule has 0 bridgehead atoms. The third-order valence-corrected chi connectivity index (χ3v) is 8.32. The van der Waals surface area contributed by atoms with Gasteiger partial charge in [-0.15, -0.1) is 0 Å². The molecule has 0 aliphatic heterocycles. The molecule has 0 saturated heterocycles. The van der Waals surface area contributed by atoms with Crippen molar-refractivity contribution in [3.8, 4) is 11.5 Å². The molecule has 0 fully saturated rings. The van der Waals surface area contributed by atoms with Crippen molar-refractivity contribution < 1.29 is 9.47 Å². The van der Waals surface area contributed by atoms with Crippen LogP contribution in [-0.4, -0.2) is 13.2 Å². The highest BCUT2D eigenvalue weighted by Gasteiger charge is 2.17. The first-order valence-corrected chi connectivity index (χ1v) is 16.9. The summed E-state index contributed by atoms with van der Waals surface area (Å²) in [5, 5.41) is 4.74. The number of benzene rings is 3. The maximum atomic E-state index is 6.59. The predicted octanol–water partition coefficient (Wildman–Crippen LogP) is 12.4. The third-order valence-electron chi connectivity index (χ3n) is 8.32. The summed E-state index contributed by atoms with van der Waals surface area (Å²) in [6.07, 6.45) is 23.9. The summed E-state index contributed by atoms with van der Waals surface area (Å²) < 4.78 is 13.2. The minimum absolute atomic E-state index is 0.778. The highest BCUT2D eigenvalue weighted by Crippen LogP contribution is 2.43. The van der Waals surface area contributed by atoms with Crippen LogP contribution in [0.15, 0.2) is 36.4 Å². The topological polar surface area (TPSA) is 18.5 Å². The second-order valence-corrected chi connectivity index (χ2v) is 12.1. The maximum Gasteiger partial charge on any atom is 0.135 e. The minimum Gasteiger partial charge on any atom is -0.492 e. The molecule has 222 valence electrons. The molecular formula is C38H58O2. The Labute approximate surface area is 246 Å². The van der Waals surface area contributed by atoms with Crippen LogP contribution in [0.4, 0.5) is 0 Å². The molecule has 2 nitrogen and oxygen atoms in total. The van der Waals surface area contributed by atoms with E-state index in [9.17, 15) is 0 Å². The summed E-state index contributed by atoms with van der Waals surface area (Å²) >= 11 is 0. The third kappa shape index (κ3) is 10.6. The average Bonchev–Trinajstić information content (AvgIpc) is 2.95. The number of aryl methyl sites for hydroxylation is 2. The number of ether oxygens (including phenoxy) is 2. The molecule has 3 aromatic rings. The summed E-state index contributed by atoms with van der Waals surface area (Å²) in [7, 11) is 0. The zero-order chi connectivity index (χ0) is 28.4. The lowest BCUT2D eigenvalue weighted by Crippen LogP contribution is -2.03. The largest absolute Gasteiger partial charge is 0.492 e. The summed E-state index contributed by atoms with van der Waals surface area (Å²) in [4.78, 5) is 0. The lowest BCUT2D eigenvalue weighted by molar-refractivity contribution is 0.306. The molecule has 0 saturated carbocycles. The molecule has 0 spiro atoms. The fourth-order valence-corrected chi connectivity index (χ4v) is 5.86. The van der Waals surface area contributed by atoms with E-state index in [2.05, 4.69) is 64.1 Å². The Hall–Kier alpha value is -2.22. The molecule has 2 heteroatoms.